The number of hydrogen-bond donors (Lipinski definition) is 2. The normalized spacial score (nSPS) is 24.6. The molecule has 0 bridgehead atoms. The molecule has 3 atom stereocenters. The van der Waals surface area contributed by atoms with Gasteiger partial charge in [-0.05, 0) is 60.4 Å². The zero-order valence-corrected chi connectivity index (χ0v) is 12.8. The van der Waals surface area contributed by atoms with Crippen molar-refractivity contribution < 1.29 is 5.11 Å². The molecule has 0 saturated carbocycles. The average Bonchev–Trinajstić information content (AvgIpc) is 3.10. The van der Waals surface area contributed by atoms with Crippen LogP contribution in [0.4, 0.5) is 0 Å². The van der Waals surface area contributed by atoms with Gasteiger partial charge in [0.25, 0.3) is 0 Å². The van der Waals surface area contributed by atoms with Gasteiger partial charge in [-0.2, -0.15) is 0 Å². The summed E-state index contributed by atoms with van der Waals surface area (Å²) in [6, 6.07) is 17.7. The minimum absolute atomic E-state index is 0.245. The summed E-state index contributed by atoms with van der Waals surface area (Å²) < 4.78 is 0. The van der Waals surface area contributed by atoms with Crippen molar-refractivity contribution >= 4 is 0 Å². The largest absolute Gasteiger partial charge is 0.391 e. The van der Waals surface area contributed by atoms with Crippen LogP contribution in [0.5, 0.6) is 0 Å². The molecule has 1 aliphatic carbocycles. The van der Waals surface area contributed by atoms with E-state index in [0.29, 0.717) is 5.92 Å². The summed E-state index contributed by atoms with van der Waals surface area (Å²) in [4.78, 5) is 0. The Labute approximate surface area is 132 Å². The van der Waals surface area contributed by atoms with E-state index < -0.39 is 0 Å². The lowest BCUT2D eigenvalue weighted by molar-refractivity contribution is 0.118. The van der Waals surface area contributed by atoms with Crippen molar-refractivity contribution in [1.29, 1.82) is 0 Å². The van der Waals surface area contributed by atoms with Gasteiger partial charge in [-0.15, -0.1) is 0 Å². The molecule has 4 rings (SSSR count). The number of rotatable bonds is 3. The second-order valence-electron chi connectivity index (χ2n) is 6.65. The summed E-state index contributed by atoms with van der Waals surface area (Å²) in [6.45, 7) is 1.05. The van der Waals surface area contributed by atoms with Crippen LogP contribution in [0.2, 0.25) is 0 Å². The molecule has 2 aromatic rings. The monoisotopic (exact) mass is 293 g/mol. The van der Waals surface area contributed by atoms with Crippen LogP contribution in [0.1, 0.15) is 36.3 Å². The van der Waals surface area contributed by atoms with Crippen LogP contribution >= 0.6 is 0 Å². The maximum absolute atomic E-state index is 10.6. The SMILES string of the molecule is O[C@H](CC1Cc2ccccc2-c2ccccc21)[C@@H]1CCCN1. The number of hydrogen-bond acceptors (Lipinski definition) is 2. The molecule has 1 aliphatic heterocycles. The average molecular weight is 293 g/mol. The van der Waals surface area contributed by atoms with E-state index in [2.05, 4.69) is 53.8 Å². The molecule has 2 aromatic carbocycles. The number of aliphatic hydroxyl groups excluding tert-OH is 1. The minimum Gasteiger partial charge on any atom is -0.391 e. The van der Waals surface area contributed by atoms with Crippen molar-refractivity contribution in [1.82, 2.24) is 5.32 Å². The highest BCUT2D eigenvalue weighted by atomic mass is 16.3. The molecule has 2 heteroatoms. The van der Waals surface area contributed by atoms with Gasteiger partial charge in [0.1, 0.15) is 0 Å². The van der Waals surface area contributed by atoms with Gasteiger partial charge in [-0.1, -0.05) is 48.5 Å². The molecular formula is C20H23NO. The van der Waals surface area contributed by atoms with Gasteiger partial charge in [0.2, 0.25) is 0 Å². The van der Waals surface area contributed by atoms with Crippen LogP contribution in [0, 0.1) is 0 Å². The van der Waals surface area contributed by atoms with Gasteiger partial charge in [-0.25, -0.2) is 0 Å². The summed E-state index contributed by atoms with van der Waals surface area (Å²) in [7, 11) is 0. The number of fused-ring (bicyclic) bond motifs is 3. The third-order valence-corrected chi connectivity index (χ3v) is 5.26. The smallest absolute Gasteiger partial charge is 0.0699 e. The first-order valence-corrected chi connectivity index (χ1v) is 8.41. The molecule has 1 heterocycles. The van der Waals surface area contributed by atoms with E-state index in [4.69, 9.17) is 0 Å². The van der Waals surface area contributed by atoms with Crippen LogP contribution in [0.15, 0.2) is 48.5 Å². The summed E-state index contributed by atoms with van der Waals surface area (Å²) in [6.07, 6.45) is 3.93. The standard InChI is InChI=1S/C20H23NO/c22-20(19-10-5-11-21-19)13-15-12-14-6-1-2-7-16(14)18-9-4-3-8-17(15)18/h1-4,6-9,15,19-22H,5,10-13H2/t15?,19-,20+/m0/s1. The molecular weight excluding hydrogens is 270 g/mol. The van der Waals surface area contributed by atoms with Crippen molar-refractivity contribution in [3.05, 3.63) is 59.7 Å². The lowest BCUT2D eigenvalue weighted by Crippen LogP contribution is -2.36. The first-order valence-electron chi connectivity index (χ1n) is 8.41. The maximum Gasteiger partial charge on any atom is 0.0699 e. The topological polar surface area (TPSA) is 32.3 Å². The highest BCUT2D eigenvalue weighted by Gasteiger charge is 2.30. The number of aliphatic hydroxyl groups is 1. The summed E-state index contributed by atoms with van der Waals surface area (Å²) in [5, 5.41) is 14.1. The van der Waals surface area contributed by atoms with Crippen molar-refractivity contribution in [2.75, 3.05) is 6.54 Å². The summed E-state index contributed by atoms with van der Waals surface area (Å²) in [5.41, 5.74) is 5.53. The summed E-state index contributed by atoms with van der Waals surface area (Å²) >= 11 is 0. The molecule has 1 fully saturated rings. The highest BCUT2D eigenvalue weighted by Crippen LogP contribution is 2.41. The van der Waals surface area contributed by atoms with E-state index in [1.807, 2.05) is 0 Å². The predicted molar refractivity (Wildman–Crippen MR) is 90.0 cm³/mol. The molecule has 1 saturated heterocycles. The third kappa shape index (κ3) is 2.47. The predicted octanol–water partition coefficient (Wildman–Crippen LogP) is 3.50. The molecule has 0 spiro atoms. The van der Waals surface area contributed by atoms with E-state index >= 15 is 0 Å². The molecule has 2 aliphatic rings. The van der Waals surface area contributed by atoms with Gasteiger partial charge in [0, 0.05) is 6.04 Å². The molecule has 0 aromatic heterocycles. The van der Waals surface area contributed by atoms with E-state index in [-0.39, 0.29) is 12.1 Å². The van der Waals surface area contributed by atoms with E-state index in [1.165, 1.54) is 28.7 Å². The minimum atomic E-state index is -0.245. The van der Waals surface area contributed by atoms with Crippen LogP contribution in [0.3, 0.4) is 0 Å². The van der Waals surface area contributed by atoms with E-state index in [0.717, 1.165) is 25.8 Å². The number of benzene rings is 2. The fourth-order valence-corrected chi connectivity index (χ4v) is 4.14. The second kappa shape index (κ2) is 5.86. The Balaban J connectivity index is 1.64. The molecule has 2 N–H and O–H groups in total. The summed E-state index contributed by atoms with van der Waals surface area (Å²) in [5.74, 6) is 0.420. The van der Waals surface area contributed by atoms with Gasteiger partial charge in [0.05, 0.1) is 6.10 Å². The van der Waals surface area contributed by atoms with Crippen LogP contribution in [0.25, 0.3) is 11.1 Å². The van der Waals surface area contributed by atoms with E-state index in [9.17, 15) is 5.11 Å². The molecule has 0 radical (unpaired) electrons. The fourth-order valence-electron chi connectivity index (χ4n) is 4.14. The zero-order valence-electron chi connectivity index (χ0n) is 12.8. The van der Waals surface area contributed by atoms with Crippen molar-refractivity contribution in [2.24, 2.45) is 0 Å². The van der Waals surface area contributed by atoms with Gasteiger partial charge in [0.15, 0.2) is 0 Å². The Morgan fingerprint density at radius 1 is 1.05 bits per heavy atom. The van der Waals surface area contributed by atoms with Crippen LogP contribution < -0.4 is 5.32 Å². The molecule has 0 amide bonds. The Bertz CT molecular complexity index is 660. The van der Waals surface area contributed by atoms with Crippen molar-refractivity contribution in [2.45, 2.75) is 43.7 Å². The van der Waals surface area contributed by atoms with Gasteiger partial charge >= 0.3 is 0 Å². The van der Waals surface area contributed by atoms with Crippen molar-refractivity contribution in [3.63, 3.8) is 0 Å². The van der Waals surface area contributed by atoms with E-state index in [1.54, 1.807) is 0 Å². The Kier molecular flexibility index (Phi) is 3.73. The molecule has 22 heavy (non-hydrogen) atoms. The number of nitrogens with one attached hydrogen (secondary N) is 1. The first-order chi connectivity index (χ1) is 10.8. The lowest BCUT2D eigenvalue weighted by Gasteiger charge is -2.30. The highest BCUT2D eigenvalue weighted by molar-refractivity contribution is 5.73. The molecule has 114 valence electrons. The van der Waals surface area contributed by atoms with Crippen LogP contribution in [-0.2, 0) is 6.42 Å². The van der Waals surface area contributed by atoms with Gasteiger partial charge in [-0.3, -0.25) is 0 Å². The maximum atomic E-state index is 10.6. The fraction of sp³-hybridized carbons (Fsp3) is 0.400. The Morgan fingerprint density at radius 2 is 1.82 bits per heavy atom. The zero-order chi connectivity index (χ0) is 14.9. The Hall–Kier alpha value is -1.64. The Morgan fingerprint density at radius 3 is 2.64 bits per heavy atom. The third-order valence-electron chi connectivity index (χ3n) is 5.26. The lowest BCUT2D eigenvalue weighted by atomic mass is 9.76. The van der Waals surface area contributed by atoms with Crippen molar-refractivity contribution in [3.8, 4) is 11.1 Å². The molecule has 1 unspecified atom stereocenters. The second-order valence-corrected chi connectivity index (χ2v) is 6.65. The van der Waals surface area contributed by atoms with Crippen LogP contribution in [-0.4, -0.2) is 23.8 Å². The van der Waals surface area contributed by atoms with Gasteiger partial charge < -0.3 is 10.4 Å². The quantitative estimate of drug-likeness (QED) is 0.908. The molecule has 2 nitrogen and oxygen atoms in total. The first kappa shape index (κ1) is 14.0.